The number of carbonyl (C=O) groups excluding carboxylic acids is 8. The Morgan fingerprint density at radius 1 is 0.164 bits per heavy atom. The van der Waals surface area contributed by atoms with E-state index in [4.69, 9.17) is 37.9 Å². The number of ether oxygens (including phenoxy) is 8. The van der Waals surface area contributed by atoms with E-state index in [-0.39, 0.29) is 76.8 Å². The van der Waals surface area contributed by atoms with Gasteiger partial charge in [-0.1, -0.05) is 492 Å². The van der Waals surface area contributed by atoms with Crippen molar-refractivity contribution < 1.29 is 76.3 Å². The molecule has 0 saturated carbocycles. The molecule has 16 heteroatoms. The molecular formula is C130H250O16. The molecule has 0 bridgehead atoms. The van der Waals surface area contributed by atoms with Gasteiger partial charge in [-0.05, 0) is 168 Å². The molecule has 866 valence electrons. The Bertz CT molecular complexity index is 2800. The average molecular weight is 2070 g/mol. The van der Waals surface area contributed by atoms with Gasteiger partial charge in [0.25, 0.3) is 0 Å². The maximum Gasteiger partial charge on any atom is 0.305 e. The van der Waals surface area contributed by atoms with Crippen molar-refractivity contribution in [2.75, 3.05) is 52.9 Å². The van der Waals surface area contributed by atoms with Crippen LogP contribution in [0.15, 0.2) is 24.3 Å². The second-order valence-corrected chi connectivity index (χ2v) is 49.4. The predicted octanol–water partition coefficient (Wildman–Crippen LogP) is 40.3. The standard InChI is InChI=1S/C29H56O4.C28H54O4.C27H52O4.C25H48O4.C21H40/c1-6-8-10-12-17-21-27(30)32-24-26(20-16-14-15-19-23-29(3,4)5)25-33-28(31)22-18-13-11-9-7-2;1-6-8-10-12-16-20-26(29)31-23-25(19-15-14-18-22-28(3,4)5)24-32-27(30)21-17-13-11-9-7-2;1-6-8-10-12-14-19-25(28)30-22-24(18-16-17-21-27(3,4)5)23-31-26(29)20-15-13-11-9-7-2;1-6-8-10-12-14-16-23(26)28-20-22(18-19-25(3,4)5)21-29-24(27)17-15-13-11-9-7-2;1-5-6-7-8-9-10-11-12-13-14-15-16-17-18-19-20-21(2,3)4/h26H,6-25H2,1-5H3;25H,6-24H2,1-5H3;24H,6-23H2,1-5H3;22H,6-21H2,1-5H3;9-10,12-13H,5-8,11,14-20H2,1-4H3/b;;;;10-9-,13-12-. The van der Waals surface area contributed by atoms with Gasteiger partial charge in [-0.15, -0.1) is 0 Å². The SMILES string of the molecule is CCCCC/C=C\C/C=C\CCCCCCCC(C)(C)C.CCCCCCCC(=O)OCC(CCC(C)(C)C)COC(=O)CCCCCCC.CCCCCCCC(=O)OCC(CCCCC(C)(C)C)COC(=O)CCCCCCC.CCCCCCCC(=O)OCC(CCCCCC(C)(C)C)COC(=O)CCCCCCC.CCCCCCCC(=O)OCC(CCCCCCC(C)(C)C)COC(=O)CCCCCCC. The van der Waals surface area contributed by atoms with E-state index in [0.29, 0.717) is 126 Å². The number of carbonyl (C=O) groups is 8. The van der Waals surface area contributed by atoms with Crippen LogP contribution in [-0.2, 0) is 76.3 Å². The van der Waals surface area contributed by atoms with Gasteiger partial charge in [-0.3, -0.25) is 38.4 Å². The number of hydrogen-bond donors (Lipinski definition) is 0. The number of rotatable bonds is 94. The Morgan fingerprint density at radius 3 is 0.514 bits per heavy atom. The van der Waals surface area contributed by atoms with Gasteiger partial charge in [-0.2, -0.15) is 0 Å². The van der Waals surface area contributed by atoms with Crippen molar-refractivity contribution in [3.8, 4) is 0 Å². The van der Waals surface area contributed by atoms with Crippen LogP contribution in [0.4, 0.5) is 0 Å². The Kier molecular flexibility index (Phi) is 111. The van der Waals surface area contributed by atoms with Gasteiger partial charge in [0, 0.05) is 75.0 Å². The highest BCUT2D eigenvalue weighted by Crippen LogP contribution is 2.30. The summed E-state index contributed by atoms with van der Waals surface area (Å²) in [7, 11) is 0. The molecule has 0 aromatic carbocycles. The van der Waals surface area contributed by atoms with Crippen LogP contribution in [0.5, 0.6) is 0 Å². The first-order valence-corrected chi connectivity index (χ1v) is 62.2. The summed E-state index contributed by atoms with van der Waals surface area (Å²) in [5, 5.41) is 0. The van der Waals surface area contributed by atoms with E-state index in [0.717, 1.165) is 167 Å². The lowest BCUT2D eigenvalue weighted by atomic mass is 9.87. The number of hydrogen-bond acceptors (Lipinski definition) is 16. The third-order valence-electron chi connectivity index (χ3n) is 27.0. The molecule has 0 amide bonds. The lowest BCUT2D eigenvalue weighted by molar-refractivity contribution is -0.151. The van der Waals surface area contributed by atoms with E-state index in [1.165, 1.54) is 276 Å². The molecule has 0 radical (unpaired) electrons. The fraction of sp³-hybridized carbons (Fsp3) is 0.908. The lowest BCUT2D eigenvalue weighted by Gasteiger charge is -2.23. The summed E-state index contributed by atoms with van der Waals surface area (Å²) < 4.78 is 44.3. The zero-order valence-electron chi connectivity index (χ0n) is 102. The van der Waals surface area contributed by atoms with E-state index < -0.39 is 0 Å². The van der Waals surface area contributed by atoms with Gasteiger partial charge in [0.05, 0.1) is 52.9 Å². The Morgan fingerprint density at radius 2 is 0.308 bits per heavy atom. The molecule has 0 saturated heterocycles. The molecule has 0 rings (SSSR count). The highest BCUT2D eigenvalue weighted by molar-refractivity contribution is 5.72. The van der Waals surface area contributed by atoms with Crippen molar-refractivity contribution in [2.45, 2.75) is 661 Å². The van der Waals surface area contributed by atoms with E-state index in [1.54, 1.807) is 0 Å². The quantitative estimate of drug-likeness (QED) is 0.0240. The monoisotopic (exact) mass is 2070 g/mol. The molecule has 0 aliphatic heterocycles. The van der Waals surface area contributed by atoms with Crippen LogP contribution in [0.2, 0.25) is 0 Å². The van der Waals surface area contributed by atoms with Gasteiger partial charge in [0.1, 0.15) is 0 Å². The first-order valence-electron chi connectivity index (χ1n) is 62.2. The zero-order valence-corrected chi connectivity index (χ0v) is 102. The Balaban J connectivity index is -0.000000571. The summed E-state index contributed by atoms with van der Waals surface area (Å²) in [6.07, 6.45) is 93.3. The summed E-state index contributed by atoms with van der Waals surface area (Å²) in [6, 6.07) is 0. The molecule has 0 atom stereocenters. The van der Waals surface area contributed by atoms with Crippen LogP contribution in [-0.4, -0.2) is 101 Å². The molecule has 0 N–H and O–H groups in total. The van der Waals surface area contributed by atoms with Crippen LogP contribution in [0, 0.1) is 50.7 Å². The maximum absolute atomic E-state index is 12.1. The molecule has 0 heterocycles. The fourth-order valence-electron chi connectivity index (χ4n) is 17.0. The van der Waals surface area contributed by atoms with E-state index >= 15 is 0 Å². The normalized spacial score (nSPS) is 11.8. The van der Waals surface area contributed by atoms with Crippen molar-refractivity contribution in [2.24, 2.45) is 50.7 Å². The molecule has 0 fully saturated rings. The zero-order chi connectivity index (χ0) is 110. The number of esters is 8. The van der Waals surface area contributed by atoms with Crippen molar-refractivity contribution in [1.82, 2.24) is 0 Å². The van der Waals surface area contributed by atoms with Gasteiger partial charge in [0.2, 0.25) is 0 Å². The van der Waals surface area contributed by atoms with Crippen LogP contribution in [0.1, 0.15) is 661 Å². The summed E-state index contributed by atoms with van der Waals surface area (Å²) in [4.78, 5) is 96.6. The summed E-state index contributed by atoms with van der Waals surface area (Å²) >= 11 is 0. The molecule has 0 aromatic rings. The molecule has 146 heavy (non-hydrogen) atoms. The third-order valence-corrected chi connectivity index (χ3v) is 27.0. The van der Waals surface area contributed by atoms with Gasteiger partial charge < -0.3 is 37.9 Å². The van der Waals surface area contributed by atoms with Crippen molar-refractivity contribution >= 4 is 47.8 Å². The minimum atomic E-state index is -0.121. The summed E-state index contributed by atoms with van der Waals surface area (Å²) in [6.45, 7) is 56.8. The van der Waals surface area contributed by atoms with E-state index in [2.05, 4.69) is 190 Å². The maximum atomic E-state index is 12.1. The summed E-state index contributed by atoms with van der Waals surface area (Å²) in [5.74, 6) is -0.490. The average Bonchev–Trinajstić information content (AvgIpc) is 0.923. The topological polar surface area (TPSA) is 210 Å². The van der Waals surface area contributed by atoms with Crippen molar-refractivity contribution in [3.05, 3.63) is 24.3 Å². The molecule has 0 unspecified atom stereocenters. The van der Waals surface area contributed by atoms with Gasteiger partial charge in [0.15, 0.2) is 0 Å². The second kappa shape index (κ2) is 109. The van der Waals surface area contributed by atoms with Gasteiger partial charge in [-0.25, -0.2) is 0 Å². The van der Waals surface area contributed by atoms with Crippen molar-refractivity contribution in [1.29, 1.82) is 0 Å². The van der Waals surface area contributed by atoms with Gasteiger partial charge >= 0.3 is 47.8 Å². The number of unbranched alkanes of at least 4 members (excludes halogenated alkanes) is 46. The molecule has 0 spiro atoms. The van der Waals surface area contributed by atoms with Crippen LogP contribution < -0.4 is 0 Å². The van der Waals surface area contributed by atoms with Crippen LogP contribution in [0.25, 0.3) is 0 Å². The van der Waals surface area contributed by atoms with Crippen molar-refractivity contribution in [3.63, 3.8) is 0 Å². The minimum Gasteiger partial charge on any atom is -0.465 e. The Hall–Kier alpha value is -4.76. The highest BCUT2D eigenvalue weighted by Gasteiger charge is 2.24. The summed E-state index contributed by atoms with van der Waals surface area (Å²) in [5.41, 5.74) is 1.85. The first-order chi connectivity index (χ1) is 69.7. The highest BCUT2D eigenvalue weighted by atomic mass is 16.6. The molecule has 0 aliphatic rings. The molecule has 16 nitrogen and oxygen atoms in total. The molecule has 0 aliphatic carbocycles. The minimum absolute atomic E-state index is 0.0855. The van der Waals surface area contributed by atoms with E-state index in [9.17, 15) is 38.4 Å². The largest absolute Gasteiger partial charge is 0.465 e. The number of allylic oxidation sites excluding steroid dienone is 4. The third kappa shape index (κ3) is 132. The lowest BCUT2D eigenvalue weighted by Crippen LogP contribution is -2.22. The predicted molar refractivity (Wildman–Crippen MR) is 624 cm³/mol. The molecule has 0 aromatic heterocycles. The van der Waals surface area contributed by atoms with E-state index in [1.807, 2.05) is 0 Å². The van der Waals surface area contributed by atoms with Crippen LogP contribution >= 0.6 is 0 Å². The molecular weight excluding hydrogens is 1820 g/mol. The smallest absolute Gasteiger partial charge is 0.305 e. The van der Waals surface area contributed by atoms with Crippen LogP contribution in [0.3, 0.4) is 0 Å². The Labute approximate surface area is 907 Å². The fourth-order valence-corrected chi connectivity index (χ4v) is 17.0. The second-order valence-electron chi connectivity index (χ2n) is 49.4. The first kappa shape index (κ1) is 150.